The van der Waals surface area contributed by atoms with Crippen LogP contribution in [-0.2, 0) is 0 Å². The molecule has 13 heavy (non-hydrogen) atoms. The first-order valence-corrected chi connectivity index (χ1v) is 5.15. The van der Waals surface area contributed by atoms with Gasteiger partial charge in [0, 0.05) is 20.9 Å². The number of aromatic amines is 1. The number of H-pyrrole nitrogens is 1. The van der Waals surface area contributed by atoms with Crippen molar-refractivity contribution in [3.8, 4) is 0 Å². The summed E-state index contributed by atoms with van der Waals surface area (Å²) in [4.78, 5) is 9.02. The summed E-state index contributed by atoms with van der Waals surface area (Å²) >= 11 is 4.98. The third-order valence-corrected chi connectivity index (χ3v) is 2.93. The first-order valence-electron chi connectivity index (χ1n) is 3.48. The molecule has 4 nitrogen and oxygen atoms in total. The van der Waals surface area contributed by atoms with Gasteiger partial charge < -0.3 is 0 Å². The van der Waals surface area contributed by atoms with Gasteiger partial charge in [0.25, 0.3) is 0 Å². The van der Waals surface area contributed by atoms with Crippen molar-refractivity contribution < 1.29 is 0 Å². The highest BCUT2D eigenvalue weighted by molar-refractivity contribution is 9.10. The number of rotatable bonds is 2. The summed E-state index contributed by atoms with van der Waals surface area (Å²) in [6.45, 7) is 0. The van der Waals surface area contributed by atoms with Gasteiger partial charge >= 0.3 is 0 Å². The van der Waals surface area contributed by atoms with Crippen LogP contribution in [0.5, 0.6) is 0 Å². The van der Waals surface area contributed by atoms with Crippen molar-refractivity contribution in [1.29, 1.82) is 0 Å². The average Bonchev–Trinajstić information content (AvgIpc) is 2.71. The molecule has 2 aromatic rings. The number of thiophene rings is 1. The van der Waals surface area contributed by atoms with Gasteiger partial charge in [-0.25, -0.2) is 10.1 Å². The van der Waals surface area contributed by atoms with E-state index in [1.165, 1.54) is 6.33 Å². The van der Waals surface area contributed by atoms with Crippen LogP contribution in [0.15, 0.2) is 27.2 Å². The van der Waals surface area contributed by atoms with E-state index in [0.717, 1.165) is 9.35 Å². The molecule has 1 N–H and O–H groups in total. The van der Waals surface area contributed by atoms with Gasteiger partial charge in [-0.2, -0.15) is 10.1 Å². The van der Waals surface area contributed by atoms with Crippen molar-refractivity contribution >= 4 is 39.4 Å². The van der Waals surface area contributed by atoms with Gasteiger partial charge in [0.1, 0.15) is 6.33 Å². The molecule has 0 aliphatic heterocycles. The van der Waals surface area contributed by atoms with Crippen LogP contribution in [0.2, 0.25) is 0 Å². The van der Waals surface area contributed by atoms with Gasteiger partial charge in [0.05, 0.1) is 0 Å². The first kappa shape index (κ1) is 8.58. The maximum atomic E-state index is 4.09. The predicted molar refractivity (Wildman–Crippen MR) is 55.7 cm³/mol. The second kappa shape index (κ2) is 3.80. The monoisotopic (exact) mass is 256 g/mol. The third-order valence-electron chi connectivity index (χ3n) is 1.30. The van der Waals surface area contributed by atoms with Crippen LogP contribution in [0.1, 0.15) is 4.88 Å². The molecule has 2 heterocycles. The molecule has 0 saturated heterocycles. The molecular weight excluding hydrogens is 252 g/mol. The number of halogens is 1. The van der Waals surface area contributed by atoms with Crippen molar-refractivity contribution in [2.24, 2.45) is 4.99 Å². The highest BCUT2D eigenvalue weighted by Gasteiger charge is 1.93. The molecule has 0 aromatic carbocycles. The highest BCUT2D eigenvalue weighted by Crippen LogP contribution is 2.18. The summed E-state index contributed by atoms with van der Waals surface area (Å²) in [5, 5.41) is 8.33. The zero-order valence-electron chi connectivity index (χ0n) is 6.44. The Bertz CT molecular complexity index is 406. The summed E-state index contributed by atoms with van der Waals surface area (Å²) < 4.78 is 1.07. The van der Waals surface area contributed by atoms with E-state index in [1.54, 1.807) is 17.6 Å². The van der Waals surface area contributed by atoms with Gasteiger partial charge in [-0.1, -0.05) is 0 Å². The topological polar surface area (TPSA) is 53.9 Å². The summed E-state index contributed by atoms with van der Waals surface area (Å²) in [5.41, 5.74) is 0. The molecule has 0 atom stereocenters. The molecule has 0 bridgehead atoms. The second-order valence-electron chi connectivity index (χ2n) is 2.23. The van der Waals surface area contributed by atoms with Crippen LogP contribution in [-0.4, -0.2) is 21.4 Å². The Hall–Kier alpha value is -1.01. The lowest BCUT2D eigenvalue weighted by molar-refractivity contribution is 1.08. The van der Waals surface area contributed by atoms with E-state index in [4.69, 9.17) is 0 Å². The molecule has 66 valence electrons. The molecule has 0 saturated carbocycles. The van der Waals surface area contributed by atoms with Crippen molar-refractivity contribution in [2.45, 2.75) is 0 Å². The summed E-state index contributed by atoms with van der Waals surface area (Å²) in [6.07, 6.45) is 3.17. The Kier molecular flexibility index (Phi) is 2.51. The standard InChI is InChI=1S/C7H5BrN4S/c8-5-1-6(13-3-5)2-9-7-10-4-11-12-7/h1-4H,(H,10,11,12)/b9-2+. The molecule has 2 aromatic heterocycles. The number of hydrogen-bond acceptors (Lipinski definition) is 4. The van der Waals surface area contributed by atoms with Gasteiger partial charge in [-0.05, 0) is 22.0 Å². The Morgan fingerprint density at radius 2 is 2.54 bits per heavy atom. The van der Waals surface area contributed by atoms with E-state index >= 15 is 0 Å². The van der Waals surface area contributed by atoms with Crippen molar-refractivity contribution in [3.63, 3.8) is 0 Å². The minimum absolute atomic E-state index is 0.518. The molecule has 6 heteroatoms. The van der Waals surface area contributed by atoms with E-state index in [-0.39, 0.29) is 0 Å². The highest BCUT2D eigenvalue weighted by atomic mass is 79.9. The predicted octanol–water partition coefficient (Wildman–Crippen LogP) is 2.38. The van der Waals surface area contributed by atoms with Crippen molar-refractivity contribution in [2.75, 3.05) is 0 Å². The summed E-state index contributed by atoms with van der Waals surface area (Å²) in [6, 6.07) is 1.99. The molecule has 0 unspecified atom stereocenters. The first-order chi connectivity index (χ1) is 6.34. The van der Waals surface area contributed by atoms with Gasteiger partial charge in [-0.15, -0.1) is 11.3 Å². The number of aromatic nitrogens is 3. The van der Waals surface area contributed by atoms with Gasteiger partial charge in [0.2, 0.25) is 5.95 Å². The Labute approximate surface area is 86.9 Å². The zero-order valence-corrected chi connectivity index (χ0v) is 8.84. The lowest BCUT2D eigenvalue weighted by atomic mass is 10.5. The average molecular weight is 257 g/mol. The molecular formula is C7H5BrN4S. The van der Waals surface area contributed by atoms with Crippen LogP contribution in [0.4, 0.5) is 5.95 Å². The maximum absolute atomic E-state index is 4.09. The van der Waals surface area contributed by atoms with Crippen LogP contribution >= 0.6 is 27.3 Å². The van der Waals surface area contributed by atoms with Crippen LogP contribution in [0, 0.1) is 0 Å². The van der Waals surface area contributed by atoms with E-state index in [0.29, 0.717) is 5.95 Å². The second-order valence-corrected chi connectivity index (χ2v) is 4.09. The Morgan fingerprint density at radius 3 is 3.15 bits per heavy atom. The maximum Gasteiger partial charge on any atom is 0.245 e. The quantitative estimate of drug-likeness (QED) is 0.840. The Balaban J connectivity index is 2.14. The number of hydrogen-bond donors (Lipinski definition) is 1. The lowest BCUT2D eigenvalue weighted by Crippen LogP contribution is -1.73. The minimum Gasteiger partial charge on any atom is -0.244 e. The lowest BCUT2D eigenvalue weighted by Gasteiger charge is -1.81. The zero-order chi connectivity index (χ0) is 9.10. The van der Waals surface area contributed by atoms with E-state index < -0.39 is 0 Å². The molecule has 0 spiro atoms. The summed E-state index contributed by atoms with van der Waals surface area (Å²) in [5.74, 6) is 0.518. The molecule has 0 radical (unpaired) electrons. The third kappa shape index (κ3) is 2.22. The van der Waals surface area contributed by atoms with Crippen LogP contribution in [0.3, 0.4) is 0 Å². The summed E-state index contributed by atoms with van der Waals surface area (Å²) in [7, 11) is 0. The van der Waals surface area contributed by atoms with E-state index in [2.05, 4.69) is 36.1 Å². The van der Waals surface area contributed by atoms with E-state index in [1.807, 2.05) is 11.4 Å². The largest absolute Gasteiger partial charge is 0.245 e. The molecule has 0 aliphatic carbocycles. The van der Waals surface area contributed by atoms with Crippen molar-refractivity contribution in [3.05, 3.63) is 27.1 Å². The fourth-order valence-corrected chi connectivity index (χ4v) is 2.09. The van der Waals surface area contributed by atoms with E-state index in [9.17, 15) is 0 Å². The molecule has 0 aliphatic rings. The van der Waals surface area contributed by atoms with Gasteiger partial charge in [-0.3, -0.25) is 0 Å². The molecule has 0 fully saturated rings. The molecule has 0 amide bonds. The van der Waals surface area contributed by atoms with Gasteiger partial charge in [0.15, 0.2) is 0 Å². The normalized spacial score (nSPS) is 11.2. The fourth-order valence-electron chi connectivity index (χ4n) is 0.782. The fraction of sp³-hybridized carbons (Fsp3) is 0. The number of aliphatic imine (C=N–C) groups is 1. The number of nitrogens with zero attached hydrogens (tertiary/aromatic N) is 3. The smallest absolute Gasteiger partial charge is 0.244 e. The minimum atomic E-state index is 0.518. The number of nitrogens with one attached hydrogen (secondary N) is 1. The van der Waals surface area contributed by atoms with Crippen LogP contribution in [0.25, 0.3) is 0 Å². The van der Waals surface area contributed by atoms with Crippen molar-refractivity contribution in [1.82, 2.24) is 15.2 Å². The van der Waals surface area contributed by atoms with Crippen LogP contribution < -0.4 is 0 Å². The Morgan fingerprint density at radius 1 is 1.62 bits per heavy atom. The molecule has 2 rings (SSSR count). The SMILES string of the molecule is Brc1csc(/C=N/c2ncn[nH]2)c1.